The highest BCUT2D eigenvalue weighted by atomic mass is 19.1. The van der Waals surface area contributed by atoms with Crippen LogP contribution in [0.5, 0.6) is 0 Å². The molecule has 106 valence electrons. The number of nitrogens with zero attached hydrogens (tertiary/aromatic N) is 2. The van der Waals surface area contributed by atoms with Crippen LogP contribution in [-0.4, -0.2) is 17.0 Å². The first-order chi connectivity index (χ1) is 9.55. The van der Waals surface area contributed by atoms with Gasteiger partial charge in [0.1, 0.15) is 29.1 Å². The minimum Gasteiger partial charge on any atom is -0.373 e. The van der Waals surface area contributed by atoms with E-state index in [1.165, 1.54) is 0 Å². The van der Waals surface area contributed by atoms with Crippen molar-refractivity contribution in [1.29, 1.82) is 0 Å². The van der Waals surface area contributed by atoms with Crippen molar-refractivity contribution in [3.8, 4) is 0 Å². The van der Waals surface area contributed by atoms with Crippen LogP contribution >= 0.6 is 0 Å². The summed E-state index contributed by atoms with van der Waals surface area (Å²) in [5.74, 6) is 0.708. The van der Waals surface area contributed by atoms with Crippen LogP contribution in [0.4, 0.5) is 26.1 Å². The zero-order chi connectivity index (χ0) is 14.7. The fraction of sp³-hybridized carbons (Fsp3) is 0.286. The molecule has 0 unspecified atom stereocenters. The van der Waals surface area contributed by atoms with E-state index in [0.717, 1.165) is 23.8 Å². The summed E-state index contributed by atoms with van der Waals surface area (Å²) in [5, 5.41) is 5.79. The van der Waals surface area contributed by atoms with E-state index >= 15 is 0 Å². The molecule has 1 aromatic carbocycles. The van der Waals surface area contributed by atoms with Gasteiger partial charge in [-0.1, -0.05) is 6.92 Å². The molecule has 0 radical (unpaired) electrons. The van der Waals surface area contributed by atoms with Crippen molar-refractivity contribution in [3.05, 3.63) is 41.2 Å². The largest absolute Gasteiger partial charge is 0.373 e. The normalized spacial score (nSPS) is 10.4. The van der Waals surface area contributed by atoms with Crippen LogP contribution in [0.1, 0.15) is 18.3 Å². The highest BCUT2D eigenvalue weighted by Crippen LogP contribution is 2.25. The second-order valence-corrected chi connectivity index (χ2v) is 4.31. The number of aromatic nitrogens is 2. The lowest BCUT2D eigenvalue weighted by Gasteiger charge is -2.13. The Labute approximate surface area is 116 Å². The molecule has 0 fully saturated rings. The Kier molecular flexibility index (Phi) is 4.12. The van der Waals surface area contributed by atoms with E-state index in [1.807, 2.05) is 13.8 Å². The quantitative estimate of drug-likeness (QED) is 0.899. The van der Waals surface area contributed by atoms with E-state index in [-0.39, 0.29) is 5.69 Å². The lowest BCUT2D eigenvalue weighted by atomic mass is 10.2. The Morgan fingerprint density at radius 3 is 2.50 bits per heavy atom. The smallest absolute Gasteiger partial charge is 0.146 e. The first kappa shape index (κ1) is 14.2. The van der Waals surface area contributed by atoms with Gasteiger partial charge in [-0.3, -0.25) is 0 Å². The Balaban J connectivity index is 2.44. The minimum absolute atomic E-state index is 0.0518. The first-order valence-corrected chi connectivity index (χ1v) is 6.32. The number of hydrogen-bond acceptors (Lipinski definition) is 4. The van der Waals surface area contributed by atoms with Crippen molar-refractivity contribution < 1.29 is 8.78 Å². The third-order valence-corrected chi connectivity index (χ3v) is 2.93. The third-order valence-electron chi connectivity index (χ3n) is 2.93. The van der Waals surface area contributed by atoms with Gasteiger partial charge in [-0.2, -0.15) is 0 Å². The van der Waals surface area contributed by atoms with Crippen LogP contribution in [-0.2, 0) is 6.42 Å². The lowest BCUT2D eigenvalue weighted by molar-refractivity contribution is 0.603. The van der Waals surface area contributed by atoms with Gasteiger partial charge in [-0.25, -0.2) is 18.7 Å². The topological polar surface area (TPSA) is 49.8 Å². The number of halogens is 2. The van der Waals surface area contributed by atoms with Crippen LogP contribution < -0.4 is 10.6 Å². The average molecular weight is 278 g/mol. The summed E-state index contributed by atoms with van der Waals surface area (Å²) in [6.45, 7) is 3.74. The van der Waals surface area contributed by atoms with Crippen LogP contribution in [0.2, 0.25) is 0 Å². The molecule has 20 heavy (non-hydrogen) atoms. The second kappa shape index (κ2) is 5.81. The first-order valence-electron chi connectivity index (χ1n) is 6.32. The minimum atomic E-state index is -0.534. The molecule has 2 N–H and O–H groups in total. The summed E-state index contributed by atoms with van der Waals surface area (Å²) >= 11 is 0. The molecule has 0 atom stereocenters. The maximum Gasteiger partial charge on any atom is 0.146 e. The van der Waals surface area contributed by atoms with Crippen molar-refractivity contribution in [2.45, 2.75) is 20.3 Å². The zero-order valence-corrected chi connectivity index (χ0v) is 11.6. The van der Waals surface area contributed by atoms with Gasteiger partial charge in [0.2, 0.25) is 0 Å². The molecule has 0 amide bonds. The molecule has 6 heteroatoms. The molecule has 2 rings (SSSR count). The number of benzene rings is 1. The Morgan fingerprint density at radius 2 is 1.85 bits per heavy atom. The van der Waals surface area contributed by atoms with Crippen molar-refractivity contribution in [3.63, 3.8) is 0 Å². The molecule has 2 aromatic rings. The molecule has 0 bridgehead atoms. The highest BCUT2D eigenvalue weighted by molar-refractivity contribution is 5.65. The van der Waals surface area contributed by atoms with Crippen molar-refractivity contribution in [2.24, 2.45) is 0 Å². The van der Waals surface area contributed by atoms with Gasteiger partial charge in [0.15, 0.2) is 0 Å². The Morgan fingerprint density at radius 1 is 1.15 bits per heavy atom. The molecule has 0 aliphatic rings. The van der Waals surface area contributed by atoms with E-state index in [2.05, 4.69) is 20.6 Å². The number of anilines is 3. The van der Waals surface area contributed by atoms with Crippen molar-refractivity contribution >= 4 is 17.3 Å². The number of hydrogen-bond donors (Lipinski definition) is 2. The van der Waals surface area contributed by atoms with Gasteiger partial charge in [0.25, 0.3) is 0 Å². The van der Waals surface area contributed by atoms with E-state index < -0.39 is 11.6 Å². The molecule has 4 nitrogen and oxygen atoms in total. The lowest BCUT2D eigenvalue weighted by Crippen LogP contribution is -2.07. The molecular formula is C14H16F2N4. The predicted molar refractivity (Wildman–Crippen MR) is 75.3 cm³/mol. The summed E-state index contributed by atoms with van der Waals surface area (Å²) in [4.78, 5) is 8.64. The van der Waals surface area contributed by atoms with Crippen LogP contribution in [0.25, 0.3) is 0 Å². The molecule has 1 heterocycles. The molecule has 0 aliphatic heterocycles. The van der Waals surface area contributed by atoms with Gasteiger partial charge in [0.05, 0.1) is 5.69 Å². The SMILES string of the molecule is CCc1nc(NC)c(C)c(Nc2cc(F)ccc2F)n1. The van der Waals surface area contributed by atoms with Gasteiger partial charge < -0.3 is 10.6 Å². The summed E-state index contributed by atoms with van der Waals surface area (Å²) in [6.07, 6.45) is 0.648. The maximum absolute atomic E-state index is 13.7. The van der Waals surface area contributed by atoms with Gasteiger partial charge in [-0.05, 0) is 19.1 Å². The average Bonchev–Trinajstić information content (AvgIpc) is 2.45. The molecule has 0 spiro atoms. The van der Waals surface area contributed by atoms with E-state index in [0.29, 0.717) is 23.9 Å². The van der Waals surface area contributed by atoms with Crippen LogP contribution in [0.3, 0.4) is 0 Å². The molecule has 0 saturated carbocycles. The van der Waals surface area contributed by atoms with E-state index in [9.17, 15) is 8.78 Å². The molecule has 0 aliphatic carbocycles. The summed E-state index contributed by atoms with van der Waals surface area (Å²) in [5.41, 5.74) is 0.796. The van der Waals surface area contributed by atoms with Crippen molar-refractivity contribution in [1.82, 2.24) is 9.97 Å². The second-order valence-electron chi connectivity index (χ2n) is 4.31. The summed E-state index contributed by atoms with van der Waals surface area (Å²) in [6, 6.07) is 3.25. The van der Waals surface area contributed by atoms with E-state index in [1.54, 1.807) is 7.05 Å². The Hall–Kier alpha value is -2.24. The maximum atomic E-state index is 13.7. The standard InChI is InChI=1S/C14H16F2N4/c1-4-12-19-13(17-3)8(2)14(20-12)18-11-7-9(15)5-6-10(11)16/h5-7H,4H2,1-3H3,(H2,17,18,19,20). The van der Waals surface area contributed by atoms with Gasteiger partial charge in [-0.15, -0.1) is 0 Å². The van der Waals surface area contributed by atoms with Crippen LogP contribution in [0, 0.1) is 18.6 Å². The Bertz CT molecular complexity index is 629. The van der Waals surface area contributed by atoms with Crippen LogP contribution in [0.15, 0.2) is 18.2 Å². The number of nitrogens with one attached hydrogen (secondary N) is 2. The number of aryl methyl sites for hydroxylation is 1. The van der Waals surface area contributed by atoms with E-state index in [4.69, 9.17) is 0 Å². The molecule has 1 aromatic heterocycles. The number of rotatable bonds is 4. The molecule has 0 saturated heterocycles. The third kappa shape index (κ3) is 2.84. The summed E-state index contributed by atoms with van der Waals surface area (Å²) < 4.78 is 26.9. The fourth-order valence-electron chi connectivity index (χ4n) is 1.81. The van der Waals surface area contributed by atoms with Gasteiger partial charge in [0, 0.05) is 25.1 Å². The molecular weight excluding hydrogens is 262 g/mol. The monoisotopic (exact) mass is 278 g/mol. The summed E-state index contributed by atoms with van der Waals surface area (Å²) in [7, 11) is 1.75. The predicted octanol–water partition coefficient (Wildman–Crippen LogP) is 3.41. The van der Waals surface area contributed by atoms with Gasteiger partial charge >= 0.3 is 0 Å². The zero-order valence-electron chi connectivity index (χ0n) is 11.6. The van der Waals surface area contributed by atoms with Crippen molar-refractivity contribution in [2.75, 3.05) is 17.7 Å². The highest BCUT2D eigenvalue weighted by Gasteiger charge is 2.12. The fourth-order valence-corrected chi connectivity index (χ4v) is 1.81.